The fourth-order valence-electron chi connectivity index (χ4n) is 3.69. The summed E-state index contributed by atoms with van der Waals surface area (Å²) in [6, 6.07) is 10.4. The van der Waals surface area contributed by atoms with Crippen molar-refractivity contribution < 1.29 is 24.8 Å². The van der Waals surface area contributed by atoms with Gasteiger partial charge in [0.05, 0.1) is 20.3 Å². The Bertz CT molecular complexity index is 743. The first-order valence-corrected chi connectivity index (χ1v) is 9.35. The minimum absolute atomic E-state index is 0.0454. The maximum atomic E-state index is 11.0. The molecular weight excluding hydrogens is 344 g/mol. The predicted molar refractivity (Wildman–Crippen MR) is 106 cm³/mol. The van der Waals surface area contributed by atoms with Crippen LogP contribution in [-0.2, 0) is 6.42 Å². The van der Waals surface area contributed by atoms with E-state index >= 15 is 0 Å². The van der Waals surface area contributed by atoms with Gasteiger partial charge in [-0.3, -0.25) is 0 Å². The summed E-state index contributed by atoms with van der Waals surface area (Å²) in [5.41, 5.74) is 1.80. The van der Waals surface area contributed by atoms with E-state index < -0.39 is 6.10 Å². The highest BCUT2D eigenvalue weighted by atomic mass is 16.5. The Morgan fingerprint density at radius 1 is 0.852 bits per heavy atom. The summed E-state index contributed by atoms with van der Waals surface area (Å²) in [7, 11) is 3.03. The second-order valence-corrected chi connectivity index (χ2v) is 6.83. The molecule has 2 aromatic rings. The molecular formula is C22H30O5. The maximum absolute atomic E-state index is 11.0. The first-order valence-electron chi connectivity index (χ1n) is 9.35. The van der Waals surface area contributed by atoms with Gasteiger partial charge in [-0.2, -0.15) is 0 Å². The number of aliphatic hydroxyl groups excluding tert-OH is 1. The maximum Gasteiger partial charge on any atom is 0.160 e. The quantitative estimate of drug-likeness (QED) is 0.605. The summed E-state index contributed by atoms with van der Waals surface area (Å²) in [4.78, 5) is 0. The highest BCUT2D eigenvalue weighted by Gasteiger charge is 2.28. The van der Waals surface area contributed by atoms with E-state index in [1.165, 1.54) is 14.2 Å². The van der Waals surface area contributed by atoms with Crippen LogP contribution in [0.15, 0.2) is 36.4 Å². The van der Waals surface area contributed by atoms with Crippen LogP contribution in [-0.4, -0.2) is 29.5 Å². The SMILES string of the molecule is CCC(Cc1ccc(O)c(OC)c1)C(CC)C(O)c1ccc(O)c(OC)c1. The van der Waals surface area contributed by atoms with Crippen molar-refractivity contribution in [1.82, 2.24) is 0 Å². The number of rotatable bonds is 9. The highest BCUT2D eigenvalue weighted by Crippen LogP contribution is 2.38. The van der Waals surface area contributed by atoms with Crippen LogP contribution >= 0.6 is 0 Å². The molecule has 0 saturated carbocycles. The lowest BCUT2D eigenvalue weighted by Gasteiger charge is -2.30. The zero-order valence-electron chi connectivity index (χ0n) is 16.5. The lowest BCUT2D eigenvalue weighted by Crippen LogP contribution is -2.23. The van der Waals surface area contributed by atoms with Crippen LogP contribution < -0.4 is 9.47 Å². The van der Waals surface area contributed by atoms with Crippen LogP contribution in [0.1, 0.15) is 43.9 Å². The molecule has 0 aliphatic carbocycles. The van der Waals surface area contributed by atoms with Gasteiger partial charge < -0.3 is 24.8 Å². The molecule has 2 aromatic carbocycles. The molecule has 0 bridgehead atoms. The van der Waals surface area contributed by atoms with Gasteiger partial charge in [0.15, 0.2) is 23.0 Å². The van der Waals surface area contributed by atoms with E-state index in [-0.39, 0.29) is 23.3 Å². The van der Waals surface area contributed by atoms with Crippen LogP contribution in [0.3, 0.4) is 0 Å². The van der Waals surface area contributed by atoms with Crippen molar-refractivity contribution in [1.29, 1.82) is 0 Å². The third kappa shape index (κ3) is 4.86. The number of benzene rings is 2. The highest BCUT2D eigenvalue weighted by molar-refractivity contribution is 5.43. The van der Waals surface area contributed by atoms with Crippen molar-refractivity contribution in [2.24, 2.45) is 11.8 Å². The fourth-order valence-corrected chi connectivity index (χ4v) is 3.69. The molecule has 3 unspecified atom stereocenters. The summed E-state index contributed by atoms with van der Waals surface area (Å²) >= 11 is 0. The molecule has 0 radical (unpaired) electrons. The van der Waals surface area contributed by atoms with Gasteiger partial charge in [-0.25, -0.2) is 0 Å². The van der Waals surface area contributed by atoms with E-state index in [4.69, 9.17) is 9.47 Å². The van der Waals surface area contributed by atoms with E-state index in [0.717, 1.165) is 30.4 Å². The topological polar surface area (TPSA) is 79.2 Å². The summed E-state index contributed by atoms with van der Waals surface area (Å²) in [6.45, 7) is 4.20. The van der Waals surface area contributed by atoms with E-state index in [9.17, 15) is 15.3 Å². The molecule has 5 nitrogen and oxygen atoms in total. The number of aliphatic hydroxyl groups is 1. The number of aromatic hydroxyl groups is 2. The monoisotopic (exact) mass is 374 g/mol. The Kier molecular flexibility index (Phi) is 7.36. The van der Waals surface area contributed by atoms with Crippen LogP contribution in [0.25, 0.3) is 0 Å². The Balaban J connectivity index is 2.24. The number of methoxy groups -OCH3 is 2. The van der Waals surface area contributed by atoms with Gasteiger partial charge in [0, 0.05) is 0 Å². The number of ether oxygens (including phenoxy) is 2. The van der Waals surface area contributed by atoms with E-state index in [1.807, 2.05) is 12.1 Å². The number of hydrogen-bond donors (Lipinski definition) is 3. The molecule has 2 rings (SSSR count). The van der Waals surface area contributed by atoms with Gasteiger partial charge >= 0.3 is 0 Å². The van der Waals surface area contributed by atoms with Gasteiger partial charge in [0.2, 0.25) is 0 Å². The van der Waals surface area contributed by atoms with Crippen molar-refractivity contribution >= 4 is 0 Å². The first kappa shape index (κ1) is 20.9. The van der Waals surface area contributed by atoms with Crippen LogP contribution in [0, 0.1) is 11.8 Å². The van der Waals surface area contributed by atoms with Gasteiger partial charge in [-0.1, -0.05) is 38.8 Å². The molecule has 3 atom stereocenters. The Morgan fingerprint density at radius 3 is 2.00 bits per heavy atom. The second-order valence-electron chi connectivity index (χ2n) is 6.83. The molecule has 0 amide bonds. The van der Waals surface area contributed by atoms with Crippen molar-refractivity contribution in [3.63, 3.8) is 0 Å². The average Bonchev–Trinajstić information content (AvgIpc) is 2.69. The lowest BCUT2D eigenvalue weighted by atomic mass is 9.78. The van der Waals surface area contributed by atoms with Gasteiger partial charge in [0.1, 0.15) is 0 Å². The summed E-state index contributed by atoms with van der Waals surface area (Å²) in [6.07, 6.45) is 1.85. The molecule has 0 aromatic heterocycles. The number of phenols is 2. The van der Waals surface area contributed by atoms with Crippen molar-refractivity contribution in [2.75, 3.05) is 14.2 Å². The molecule has 0 spiro atoms. The summed E-state index contributed by atoms with van der Waals surface area (Å²) < 4.78 is 10.4. The van der Waals surface area contributed by atoms with Crippen LogP contribution in [0.5, 0.6) is 23.0 Å². The molecule has 5 heteroatoms. The zero-order valence-corrected chi connectivity index (χ0v) is 16.5. The van der Waals surface area contributed by atoms with E-state index in [0.29, 0.717) is 11.5 Å². The average molecular weight is 374 g/mol. The van der Waals surface area contributed by atoms with Crippen molar-refractivity contribution in [2.45, 2.75) is 39.2 Å². The third-order valence-electron chi connectivity index (χ3n) is 5.29. The first-order chi connectivity index (χ1) is 12.9. The molecule has 27 heavy (non-hydrogen) atoms. The van der Waals surface area contributed by atoms with E-state index in [1.54, 1.807) is 24.3 Å². The molecule has 148 valence electrons. The van der Waals surface area contributed by atoms with Crippen LogP contribution in [0.4, 0.5) is 0 Å². The molecule has 0 aliphatic rings. The van der Waals surface area contributed by atoms with Crippen molar-refractivity contribution in [3.8, 4) is 23.0 Å². The Morgan fingerprint density at radius 2 is 1.44 bits per heavy atom. The third-order valence-corrected chi connectivity index (χ3v) is 5.29. The standard InChI is InChI=1S/C22H30O5/c1-5-15(11-14-7-9-18(23)20(12-14)26-3)17(6-2)22(25)16-8-10-19(24)21(13-16)27-4/h7-10,12-13,15,17,22-25H,5-6,11H2,1-4H3. The summed E-state index contributed by atoms with van der Waals surface area (Å²) in [5.74, 6) is 1.29. The normalized spacial score (nSPS) is 14.4. The van der Waals surface area contributed by atoms with Gasteiger partial charge in [-0.05, 0) is 53.6 Å². The number of phenolic OH excluding ortho intramolecular Hbond substituents is 2. The van der Waals surface area contributed by atoms with Gasteiger partial charge in [0.25, 0.3) is 0 Å². The minimum atomic E-state index is -0.659. The smallest absolute Gasteiger partial charge is 0.160 e. The lowest BCUT2D eigenvalue weighted by molar-refractivity contribution is 0.0666. The molecule has 0 aliphatic heterocycles. The minimum Gasteiger partial charge on any atom is -0.504 e. The Labute approximate surface area is 161 Å². The molecule has 3 N–H and O–H groups in total. The fraction of sp³-hybridized carbons (Fsp3) is 0.455. The van der Waals surface area contributed by atoms with Gasteiger partial charge in [-0.15, -0.1) is 0 Å². The molecule has 0 saturated heterocycles. The largest absolute Gasteiger partial charge is 0.504 e. The van der Waals surface area contributed by atoms with Crippen molar-refractivity contribution in [3.05, 3.63) is 47.5 Å². The Hall–Kier alpha value is -2.40. The van der Waals surface area contributed by atoms with E-state index in [2.05, 4.69) is 13.8 Å². The second kappa shape index (κ2) is 9.51. The molecule has 0 heterocycles. The number of hydrogen-bond acceptors (Lipinski definition) is 5. The predicted octanol–water partition coefficient (Wildman–Crippen LogP) is 4.44. The molecule has 0 fully saturated rings. The zero-order chi connectivity index (χ0) is 20.0. The van der Waals surface area contributed by atoms with Crippen LogP contribution in [0.2, 0.25) is 0 Å². The summed E-state index contributed by atoms with van der Waals surface area (Å²) in [5, 5.41) is 30.6.